The zero-order valence-electron chi connectivity index (χ0n) is 21.0. The van der Waals surface area contributed by atoms with Crippen molar-refractivity contribution in [1.82, 2.24) is 33.9 Å². The molecule has 1 aliphatic heterocycles. The van der Waals surface area contributed by atoms with E-state index in [0.29, 0.717) is 41.8 Å². The summed E-state index contributed by atoms with van der Waals surface area (Å²) in [5.41, 5.74) is 2.72. The van der Waals surface area contributed by atoms with Gasteiger partial charge in [-0.05, 0) is 39.7 Å². The molecule has 4 aromatic heterocycles. The maximum absolute atomic E-state index is 12.5. The minimum atomic E-state index is -3.44. The van der Waals surface area contributed by atoms with Gasteiger partial charge in [0.1, 0.15) is 11.6 Å². The van der Waals surface area contributed by atoms with Gasteiger partial charge in [0.2, 0.25) is 0 Å². The first-order chi connectivity index (χ1) is 17.7. The summed E-state index contributed by atoms with van der Waals surface area (Å²) in [7, 11) is -3.44. The molecule has 5 heterocycles. The van der Waals surface area contributed by atoms with Crippen molar-refractivity contribution in [3.05, 3.63) is 49.1 Å². The lowest BCUT2D eigenvalue weighted by Gasteiger charge is -2.40. The molecule has 0 aromatic carbocycles. The number of pyridine rings is 1. The molecule has 37 heavy (non-hydrogen) atoms. The van der Waals surface area contributed by atoms with E-state index in [1.54, 1.807) is 12.3 Å². The van der Waals surface area contributed by atoms with Gasteiger partial charge in [-0.15, -0.1) is 0 Å². The van der Waals surface area contributed by atoms with Crippen LogP contribution in [-0.4, -0.2) is 60.7 Å². The smallest absolute Gasteiger partial charge is 0.256 e. The highest BCUT2D eigenvalue weighted by Gasteiger charge is 2.37. The fraction of sp³-hybridized carbons (Fsp3) is 0.400. The number of aromatic nitrogens is 7. The standard InChI is InChI=1S/C25H29N9O2S/c1-15(2)18-12-32(13-18)25-20-11-27-23(9-21(20)34(31-25)16(3)4)29-22-7-8-26-24(30-22)17-10-28-33(14-17)37(35,36)19-5-6-19/h7-11,14,16,18-19H,1,5-6,12-13H2,2-4H3,(H,26,27,29,30). The largest absolute Gasteiger partial charge is 0.353 e. The van der Waals surface area contributed by atoms with Gasteiger partial charge in [-0.3, -0.25) is 4.68 Å². The molecule has 4 aromatic rings. The summed E-state index contributed by atoms with van der Waals surface area (Å²) in [4.78, 5) is 15.8. The second-order valence-corrected chi connectivity index (χ2v) is 12.2. The first-order valence-corrected chi connectivity index (χ1v) is 13.9. The summed E-state index contributed by atoms with van der Waals surface area (Å²) in [5, 5.41) is 12.9. The van der Waals surface area contributed by atoms with Crippen LogP contribution in [0.3, 0.4) is 0 Å². The van der Waals surface area contributed by atoms with Gasteiger partial charge >= 0.3 is 0 Å². The number of anilines is 3. The normalized spacial score (nSPS) is 16.4. The summed E-state index contributed by atoms with van der Waals surface area (Å²) >= 11 is 0. The summed E-state index contributed by atoms with van der Waals surface area (Å²) in [5.74, 6) is 2.99. The van der Waals surface area contributed by atoms with Crippen molar-refractivity contribution in [3.8, 4) is 11.4 Å². The molecular formula is C25H29N9O2S. The maximum atomic E-state index is 12.5. The quantitative estimate of drug-likeness (QED) is 0.347. The first kappa shape index (κ1) is 23.6. The van der Waals surface area contributed by atoms with Gasteiger partial charge in [-0.25, -0.2) is 23.4 Å². The van der Waals surface area contributed by atoms with Crippen LogP contribution >= 0.6 is 0 Å². The van der Waals surface area contributed by atoms with Crippen LogP contribution in [0.1, 0.15) is 39.7 Å². The molecule has 0 atom stereocenters. The average molecular weight is 520 g/mol. The van der Waals surface area contributed by atoms with E-state index in [1.165, 1.54) is 18.0 Å². The van der Waals surface area contributed by atoms with Crippen LogP contribution in [0.15, 0.2) is 49.1 Å². The molecule has 1 aliphatic carbocycles. The van der Waals surface area contributed by atoms with Gasteiger partial charge < -0.3 is 10.2 Å². The Balaban J connectivity index is 1.26. The number of nitrogens with one attached hydrogen (secondary N) is 1. The summed E-state index contributed by atoms with van der Waals surface area (Å²) in [6.07, 6.45) is 7.76. The average Bonchev–Trinajstić information content (AvgIpc) is 3.46. The van der Waals surface area contributed by atoms with Crippen molar-refractivity contribution in [3.63, 3.8) is 0 Å². The van der Waals surface area contributed by atoms with Crippen LogP contribution in [0, 0.1) is 5.92 Å². The molecule has 0 unspecified atom stereocenters. The molecule has 2 fully saturated rings. The molecular weight excluding hydrogens is 490 g/mol. The van der Waals surface area contributed by atoms with Crippen LogP contribution in [0.25, 0.3) is 22.3 Å². The number of rotatable bonds is 8. The monoisotopic (exact) mass is 519 g/mol. The van der Waals surface area contributed by atoms with Gasteiger partial charge in [0.25, 0.3) is 10.0 Å². The van der Waals surface area contributed by atoms with Crippen molar-refractivity contribution < 1.29 is 8.42 Å². The zero-order valence-corrected chi connectivity index (χ0v) is 21.9. The van der Waals surface area contributed by atoms with Crippen LogP contribution in [0.4, 0.5) is 17.5 Å². The second kappa shape index (κ2) is 8.65. The predicted molar refractivity (Wildman–Crippen MR) is 142 cm³/mol. The molecule has 1 N–H and O–H groups in total. The molecule has 2 aliphatic rings. The highest BCUT2D eigenvalue weighted by atomic mass is 32.2. The van der Waals surface area contributed by atoms with Gasteiger partial charge in [-0.2, -0.15) is 14.3 Å². The van der Waals surface area contributed by atoms with Gasteiger partial charge in [0, 0.05) is 43.5 Å². The summed E-state index contributed by atoms with van der Waals surface area (Å²) in [6.45, 7) is 12.2. The number of fused-ring (bicyclic) bond motifs is 1. The molecule has 0 bridgehead atoms. The molecule has 6 rings (SSSR count). The second-order valence-electron chi connectivity index (χ2n) is 10.1. The Hall–Kier alpha value is -3.80. The van der Waals surface area contributed by atoms with Crippen molar-refractivity contribution in [1.29, 1.82) is 0 Å². The molecule has 1 saturated heterocycles. The Kier molecular flexibility index (Phi) is 5.51. The minimum absolute atomic E-state index is 0.179. The molecule has 12 heteroatoms. The maximum Gasteiger partial charge on any atom is 0.256 e. The summed E-state index contributed by atoms with van der Waals surface area (Å²) < 4.78 is 28.0. The van der Waals surface area contributed by atoms with E-state index in [0.717, 1.165) is 33.9 Å². The predicted octanol–water partition coefficient (Wildman–Crippen LogP) is 3.76. The van der Waals surface area contributed by atoms with Crippen LogP contribution in [-0.2, 0) is 10.0 Å². The summed E-state index contributed by atoms with van der Waals surface area (Å²) in [6, 6.07) is 3.90. The van der Waals surface area contributed by atoms with E-state index in [1.807, 2.05) is 16.9 Å². The van der Waals surface area contributed by atoms with Gasteiger partial charge in [0.05, 0.1) is 34.1 Å². The van der Waals surface area contributed by atoms with E-state index in [4.69, 9.17) is 5.10 Å². The molecule has 0 radical (unpaired) electrons. The topological polar surface area (TPSA) is 124 Å². The lowest BCUT2D eigenvalue weighted by Crippen LogP contribution is -2.47. The number of hydrogen-bond acceptors (Lipinski definition) is 9. The highest BCUT2D eigenvalue weighted by Crippen LogP contribution is 2.35. The Morgan fingerprint density at radius 2 is 1.95 bits per heavy atom. The Morgan fingerprint density at radius 3 is 2.65 bits per heavy atom. The van der Waals surface area contributed by atoms with E-state index >= 15 is 0 Å². The van der Waals surface area contributed by atoms with Crippen molar-refractivity contribution >= 4 is 38.4 Å². The highest BCUT2D eigenvalue weighted by molar-refractivity contribution is 7.90. The lowest BCUT2D eigenvalue weighted by molar-refractivity contribution is 0.460. The molecule has 11 nitrogen and oxygen atoms in total. The van der Waals surface area contributed by atoms with E-state index < -0.39 is 10.0 Å². The zero-order chi connectivity index (χ0) is 25.9. The van der Waals surface area contributed by atoms with Crippen molar-refractivity contribution in [2.24, 2.45) is 5.92 Å². The molecule has 1 saturated carbocycles. The lowest BCUT2D eigenvalue weighted by atomic mass is 9.93. The Labute approximate surface area is 215 Å². The van der Waals surface area contributed by atoms with Crippen LogP contribution < -0.4 is 10.2 Å². The van der Waals surface area contributed by atoms with Crippen molar-refractivity contribution in [2.75, 3.05) is 23.3 Å². The third-order valence-electron chi connectivity index (χ3n) is 6.88. The first-order valence-electron chi connectivity index (χ1n) is 12.4. The van der Waals surface area contributed by atoms with E-state index in [2.05, 4.69) is 57.6 Å². The van der Waals surface area contributed by atoms with Gasteiger partial charge in [-0.1, -0.05) is 12.2 Å². The van der Waals surface area contributed by atoms with Crippen LogP contribution in [0.2, 0.25) is 0 Å². The fourth-order valence-corrected chi connectivity index (χ4v) is 5.93. The minimum Gasteiger partial charge on any atom is -0.353 e. The Morgan fingerprint density at radius 1 is 1.16 bits per heavy atom. The van der Waals surface area contributed by atoms with E-state index in [9.17, 15) is 8.42 Å². The third-order valence-corrected chi connectivity index (χ3v) is 8.91. The van der Waals surface area contributed by atoms with Crippen molar-refractivity contribution in [2.45, 2.75) is 44.9 Å². The Bertz CT molecular complexity index is 1610. The van der Waals surface area contributed by atoms with Gasteiger partial charge in [0.15, 0.2) is 11.6 Å². The fourth-order valence-electron chi connectivity index (χ4n) is 4.45. The van der Waals surface area contributed by atoms with E-state index in [-0.39, 0.29) is 11.3 Å². The SMILES string of the molecule is C=C(C)C1CN(c2nn(C(C)C)c3cc(Nc4ccnc(-c5cnn(S(=O)(=O)C6CC6)c5)n4)ncc23)C1. The number of hydrogen-bond donors (Lipinski definition) is 1. The third kappa shape index (κ3) is 4.24. The van der Waals surface area contributed by atoms with Crippen LogP contribution in [0.5, 0.6) is 0 Å². The molecule has 0 amide bonds. The number of nitrogens with zero attached hydrogens (tertiary/aromatic N) is 8. The molecule has 0 spiro atoms. The molecule has 192 valence electrons.